The van der Waals surface area contributed by atoms with Crippen molar-refractivity contribution in [3.63, 3.8) is 0 Å². The molecule has 2 atom stereocenters. The van der Waals surface area contributed by atoms with E-state index in [4.69, 9.17) is 0 Å². The summed E-state index contributed by atoms with van der Waals surface area (Å²) in [5.41, 5.74) is 3.63. The number of benzene rings is 1. The van der Waals surface area contributed by atoms with Crippen LogP contribution < -0.4 is 5.32 Å². The zero-order valence-corrected chi connectivity index (χ0v) is 11.6. The Balaban J connectivity index is 2.54. The zero-order valence-electron chi connectivity index (χ0n) is 11.6. The van der Waals surface area contributed by atoms with E-state index in [0.717, 1.165) is 22.3 Å². The molecule has 1 saturated heterocycles. The third-order valence-electron chi connectivity index (χ3n) is 3.48. The first-order valence-corrected chi connectivity index (χ1v) is 6.33. The lowest BCUT2D eigenvalue weighted by Gasteiger charge is -2.14. The second-order valence-corrected chi connectivity index (χ2v) is 4.96. The van der Waals surface area contributed by atoms with Gasteiger partial charge in [-0.1, -0.05) is 5.92 Å². The summed E-state index contributed by atoms with van der Waals surface area (Å²) < 4.78 is 0. The molecule has 0 bridgehead atoms. The third-order valence-corrected chi connectivity index (χ3v) is 3.48. The van der Waals surface area contributed by atoms with E-state index >= 15 is 0 Å². The zero-order chi connectivity index (χ0) is 14.2. The van der Waals surface area contributed by atoms with E-state index in [9.17, 15) is 9.59 Å². The highest BCUT2D eigenvalue weighted by molar-refractivity contribution is 6.15. The average Bonchev–Trinajstić information content (AvgIpc) is 2.55. The van der Waals surface area contributed by atoms with Gasteiger partial charge in [0.2, 0.25) is 5.91 Å². The molecule has 1 aromatic carbocycles. The molecule has 1 N–H and O–H groups in total. The second-order valence-electron chi connectivity index (χ2n) is 4.96. The normalized spacial score (nSPS) is 21.9. The summed E-state index contributed by atoms with van der Waals surface area (Å²) in [6, 6.07) is 3.47. The van der Waals surface area contributed by atoms with Gasteiger partial charge >= 0.3 is 0 Å². The van der Waals surface area contributed by atoms with Crippen molar-refractivity contribution in [2.24, 2.45) is 0 Å². The Morgan fingerprint density at radius 2 is 1.74 bits per heavy atom. The Hall–Kier alpha value is -2.08. The van der Waals surface area contributed by atoms with Gasteiger partial charge in [-0.15, -0.1) is 5.92 Å². The van der Waals surface area contributed by atoms with Crippen LogP contribution in [0.1, 0.15) is 42.0 Å². The lowest BCUT2D eigenvalue weighted by Crippen LogP contribution is -2.25. The lowest BCUT2D eigenvalue weighted by molar-refractivity contribution is -0.124. The Kier molecular flexibility index (Phi) is 3.44. The Labute approximate surface area is 113 Å². The molecule has 1 heterocycles. The number of hydrogen-bond acceptors (Lipinski definition) is 2. The molecule has 2 unspecified atom stereocenters. The minimum atomic E-state index is -0.668. The van der Waals surface area contributed by atoms with Crippen LogP contribution in [-0.2, 0) is 9.59 Å². The molecule has 0 saturated carbocycles. The molecule has 1 aliphatic heterocycles. The van der Waals surface area contributed by atoms with Gasteiger partial charge < -0.3 is 5.32 Å². The van der Waals surface area contributed by atoms with Gasteiger partial charge in [0.15, 0.2) is 5.78 Å². The first-order chi connectivity index (χ1) is 8.95. The molecule has 0 aliphatic carbocycles. The quantitative estimate of drug-likeness (QED) is 0.615. The first-order valence-electron chi connectivity index (χ1n) is 6.33. The molecular weight excluding hydrogens is 238 g/mol. The van der Waals surface area contributed by atoms with Crippen molar-refractivity contribution < 1.29 is 9.59 Å². The van der Waals surface area contributed by atoms with Crippen molar-refractivity contribution in [3.8, 4) is 11.8 Å². The monoisotopic (exact) mass is 255 g/mol. The number of carbonyl (C=O) groups excluding carboxylic acids is 2. The number of hydrogen-bond donors (Lipinski definition) is 1. The molecule has 3 nitrogen and oxygen atoms in total. The van der Waals surface area contributed by atoms with Crippen molar-refractivity contribution in [2.75, 3.05) is 0 Å². The van der Waals surface area contributed by atoms with Gasteiger partial charge in [0.1, 0.15) is 5.92 Å². The summed E-state index contributed by atoms with van der Waals surface area (Å²) in [4.78, 5) is 24.1. The van der Waals surface area contributed by atoms with Gasteiger partial charge in [-0.25, -0.2) is 0 Å². The van der Waals surface area contributed by atoms with Crippen LogP contribution in [0.5, 0.6) is 0 Å². The van der Waals surface area contributed by atoms with Crippen molar-refractivity contribution in [3.05, 3.63) is 34.4 Å². The maximum atomic E-state index is 12.1. The highest BCUT2D eigenvalue weighted by Gasteiger charge is 2.40. The largest absolute Gasteiger partial charge is 0.346 e. The fourth-order valence-electron chi connectivity index (χ4n) is 2.67. The standard InChI is InChI=1S/C16H17NO2/c1-5-6-12-7-9(2)13(10(3)8-12)14-15(18)11(4)17-16(14)19/h7-8,11,14H,1-4H3,(H,17,19). The average molecular weight is 255 g/mol. The molecule has 1 aromatic rings. The van der Waals surface area contributed by atoms with E-state index in [1.54, 1.807) is 13.8 Å². The Morgan fingerprint density at radius 3 is 2.16 bits per heavy atom. The van der Waals surface area contributed by atoms with Gasteiger partial charge in [-0.3, -0.25) is 9.59 Å². The van der Waals surface area contributed by atoms with Crippen molar-refractivity contribution in [1.82, 2.24) is 5.32 Å². The van der Waals surface area contributed by atoms with Crippen LogP contribution in [-0.4, -0.2) is 17.7 Å². The lowest BCUT2D eigenvalue weighted by atomic mass is 9.86. The highest BCUT2D eigenvalue weighted by Crippen LogP contribution is 2.30. The maximum Gasteiger partial charge on any atom is 0.235 e. The van der Waals surface area contributed by atoms with Crippen molar-refractivity contribution in [1.29, 1.82) is 0 Å². The summed E-state index contributed by atoms with van der Waals surface area (Å²) in [6.45, 7) is 7.36. The summed E-state index contributed by atoms with van der Waals surface area (Å²) in [7, 11) is 0. The predicted octanol–water partition coefficient (Wildman–Crippen LogP) is 1.85. The van der Waals surface area contributed by atoms with Crippen LogP contribution in [0.3, 0.4) is 0 Å². The number of nitrogens with one attached hydrogen (secondary N) is 1. The molecule has 1 aliphatic rings. The maximum absolute atomic E-state index is 12.1. The molecule has 19 heavy (non-hydrogen) atoms. The van der Waals surface area contributed by atoms with E-state index in [0.29, 0.717) is 0 Å². The number of carbonyl (C=O) groups is 2. The molecule has 0 aromatic heterocycles. The molecule has 0 spiro atoms. The summed E-state index contributed by atoms with van der Waals surface area (Å²) >= 11 is 0. The van der Waals surface area contributed by atoms with Crippen molar-refractivity contribution >= 4 is 11.7 Å². The smallest absolute Gasteiger partial charge is 0.235 e. The van der Waals surface area contributed by atoms with Gasteiger partial charge in [0.05, 0.1) is 6.04 Å². The Morgan fingerprint density at radius 1 is 1.16 bits per heavy atom. The van der Waals surface area contributed by atoms with E-state index in [1.165, 1.54) is 0 Å². The molecule has 2 rings (SSSR count). The SMILES string of the molecule is CC#Cc1cc(C)c(C2C(=O)NC(C)C2=O)c(C)c1. The topological polar surface area (TPSA) is 46.2 Å². The van der Waals surface area contributed by atoms with Gasteiger partial charge in [0.25, 0.3) is 0 Å². The fourth-order valence-corrected chi connectivity index (χ4v) is 2.67. The third kappa shape index (κ3) is 2.26. The number of ketones is 1. The van der Waals surface area contributed by atoms with Crippen LogP contribution in [0.4, 0.5) is 0 Å². The predicted molar refractivity (Wildman–Crippen MR) is 73.8 cm³/mol. The fraction of sp³-hybridized carbons (Fsp3) is 0.375. The molecular formula is C16H17NO2. The van der Waals surface area contributed by atoms with Crippen molar-refractivity contribution in [2.45, 2.75) is 39.7 Å². The molecule has 1 amide bonds. The minimum Gasteiger partial charge on any atom is -0.346 e. The van der Waals surface area contributed by atoms with Crippen LogP contribution >= 0.6 is 0 Å². The van der Waals surface area contributed by atoms with Gasteiger partial charge in [-0.05, 0) is 56.5 Å². The molecule has 1 fully saturated rings. The summed E-state index contributed by atoms with van der Waals surface area (Å²) in [5.74, 6) is 4.94. The van der Waals surface area contributed by atoms with E-state index in [1.807, 2.05) is 26.0 Å². The summed E-state index contributed by atoms with van der Waals surface area (Å²) in [5, 5.41) is 2.69. The van der Waals surface area contributed by atoms with Gasteiger partial charge in [0, 0.05) is 5.56 Å². The number of amides is 1. The number of Topliss-reactive ketones (excluding diaryl/α,β-unsaturated/α-hetero) is 1. The molecule has 0 radical (unpaired) electrons. The van der Waals surface area contributed by atoms with Crippen LogP contribution in [0.2, 0.25) is 0 Å². The van der Waals surface area contributed by atoms with Crippen LogP contribution in [0.25, 0.3) is 0 Å². The minimum absolute atomic E-state index is 0.0504. The van der Waals surface area contributed by atoms with Crippen LogP contribution in [0, 0.1) is 25.7 Å². The molecule has 98 valence electrons. The second kappa shape index (κ2) is 4.89. The summed E-state index contributed by atoms with van der Waals surface area (Å²) in [6.07, 6.45) is 0. The number of rotatable bonds is 1. The number of aryl methyl sites for hydroxylation is 2. The van der Waals surface area contributed by atoms with E-state index in [2.05, 4.69) is 17.2 Å². The Bertz CT molecular complexity index is 596. The molecule has 3 heteroatoms. The first kappa shape index (κ1) is 13.4. The van der Waals surface area contributed by atoms with Crippen LogP contribution in [0.15, 0.2) is 12.1 Å². The van der Waals surface area contributed by atoms with Gasteiger partial charge in [-0.2, -0.15) is 0 Å². The van der Waals surface area contributed by atoms with E-state index < -0.39 is 12.0 Å². The van der Waals surface area contributed by atoms with E-state index in [-0.39, 0.29) is 11.7 Å². The highest BCUT2D eigenvalue weighted by atomic mass is 16.2.